The summed E-state index contributed by atoms with van der Waals surface area (Å²) in [4.78, 5) is 0. The van der Waals surface area contributed by atoms with Gasteiger partial charge in [-0.3, -0.25) is 4.18 Å². The first-order valence-corrected chi connectivity index (χ1v) is 5.71. The Kier molecular flexibility index (Phi) is 3.73. The van der Waals surface area contributed by atoms with Crippen molar-refractivity contribution >= 4 is 20.0 Å². The van der Waals surface area contributed by atoms with Crippen molar-refractivity contribution in [3.05, 3.63) is 0 Å². The summed E-state index contributed by atoms with van der Waals surface area (Å²) in [6.07, 6.45) is 0. The Hall–Kier alpha value is 0.120. The molecule has 0 aromatic rings. The van der Waals surface area contributed by atoms with Crippen LogP contribution in [0.15, 0.2) is 0 Å². The maximum absolute atomic E-state index is 10.3. The number of rotatable bonds is 3. The molecule has 12 heavy (non-hydrogen) atoms. The van der Waals surface area contributed by atoms with Crippen LogP contribution in [0, 0.1) is 0 Å². The number of nitrogens with one attached hydrogen (secondary N) is 1. The first-order valence-electron chi connectivity index (χ1n) is 3.48. The largest absolute Gasteiger partial charge is 0.378 e. The molecule has 0 radical (unpaired) electrons. The third kappa shape index (κ3) is 4.22. The molecule has 1 aliphatic heterocycles. The minimum absolute atomic E-state index is 0.0197. The highest BCUT2D eigenvalue weighted by atomic mass is 35.7. The Morgan fingerprint density at radius 3 is 2.92 bits per heavy atom. The van der Waals surface area contributed by atoms with Crippen molar-refractivity contribution < 1.29 is 17.3 Å². The van der Waals surface area contributed by atoms with Gasteiger partial charge >= 0.3 is 9.33 Å². The normalized spacial score (nSPS) is 25.6. The molecule has 0 amide bonds. The van der Waals surface area contributed by atoms with Gasteiger partial charge in [0, 0.05) is 17.2 Å². The Labute approximate surface area is 75.6 Å². The van der Waals surface area contributed by atoms with E-state index in [1.165, 1.54) is 0 Å². The van der Waals surface area contributed by atoms with Gasteiger partial charge in [-0.25, -0.2) is 0 Å². The van der Waals surface area contributed by atoms with Crippen LogP contribution in [0.2, 0.25) is 0 Å². The van der Waals surface area contributed by atoms with E-state index in [1.807, 2.05) is 0 Å². The summed E-state index contributed by atoms with van der Waals surface area (Å²) < 4.78 is 30.1. The van der Waals surface area contributed by atoms with E-state index in [9.17, 15) is 8.42 Å². The SMILES string of the molecule is O=S(=O)(Cl)OC[C@H]1COCCN1. The molecule has 0 saturated carbocycles. The van der Waals surface area contributed by atoms with Crippen molar-refractivity contribution in [2.45, 2.75) is 6.04 Å². The lowest BCUT2D eigenvalue weighted by Gasteiger charge is -2.22. The van der Waals surface area contributed by atoms with Crippen LogP contribution >= 0.6 is 10.7 Å². The molecule has 1 rings (SSSR count). The minimum Gasteiger partial charge on any atom is -0.378 e. The average molecular weight is 216 g/mol. The van der Waals surface area contributed by atoms with Gasteiger partial charge in [0.25, 0.3) is 0 Å². The summed E-state index contributed by atoms with van der Waals surface area (Å²) in [5, 5.41) is 3.02. The second kappa shape index (κ2) is 4.38. The van der Waals surface area contributed by atoms with Crippen LogP contribution in [-0.2, 0) is 18.3 Å². The molecule has 1 atom stereocenters. The summed E-state index contributed by atoms with van der Waals surface area (Å²) in [7, 11) is 0.987. The smallest absolute Gasteiger partial charge is 0.355 e. The highest BCUT2D eigenvalue weighted by Crippen LogP contribution is 2.01. The predicted molar refractivity (Wildman–Crippen MR) is 43.3 cm³/mol. The molecule has 0 aliphatic carbocycles. The van der Waals surface area contributed by atoms with Gasteiger partial charge in [-0.05, 0) is 0 Å². The molecular weight excluding hydrogens is 206 g/mol. The van der Waals surface area contributed by atoms with Crippen molar-refractivity contribution in [2.24, 2.45) is 0 Å². The summed E-state index contributed by atoms with van der Waals surface area (Å²) in [5.41, 5.74) is 0. The molecule has 1 fully saturated rings. The van der Waals surface area contributed by atoms with Crippen molar-refractivity contribution in [3.8, 4) is 0 Å². The fraction of sp³-hybridized carbons (Fsp3) is 1.00. The van der Waals surface area contributed by atoms with Gasteiger partial charge in [0.1, 0.15) is 0 Å². The Bertz CT molecular complexity index is 224. The number of halogens is 1. The molecule has 0 spiro atoms. The van der Waals surface area contributed by atoms with Crippen LogP contribution in [0.1, 0.15) is 0 Å². The molecule has 72 valence electrons. The molecule has 5 nitrogen and oxygen atoms in total. The maximum atomic E-state index is 10.3. The number of hydrogen-bond acceptors (Lipinski definition) is 5. The van der Waals surface area contributed by atoms with E-state index in [4.69, 9.17) is 15.4 Å². The molecule has 1 heterocycles. The van der Waals surface area contributed by atoms with E-state index in [0.717, 1.165) is 0 Å². The van der Waals surface area contributed by atoms with Crippen LogP contribution < -0.4 is 5.32 Å². The maximum Gasteiger partial charge on any atom is 0.355 e. The van der Waals surface area contributed by atoms with Crippen molar-refractivity contribution in [3.63, 3.8) is 0 Å². The minimum atomic E-state index is -3.85. The third-order valence-corrected chi connectivity index (χ3v) is 2.09. The molecule has 0 aromatic heterocycles. The monoisotopic (exact) mass is 215 g/mol. The van der Waals surface area contributed by atoms with E-state index in [1.54, 1.807) is 0 Å². The van der Waals surface area contributed by atoms with E-state index in [0.29, 0.717) is 19.8 Å². The highest BCUT2D eigenvalue weighted by molar-refractivity contribution is 8.09. The molecule has 1 N–H and O–H groups in total. The Morgan fingerprint density at radius 2 is 2.42 bits per heavy atom. The first kappa shape index (κ1) is 10.2. The summed E-state index contributed by atoms with van der Waals surface area (Å²) in [5.74, 6) is 0. The standard InChI is InChI=1S/C5H10ClNO4S/c6-12(8,9)11-4-5-3-10-2-1-7-5/h5,7H,1-4H2/t5-/m1/s1. The molecule has 0 aromatic carbocycles. The van der Waals surface area contributed by atoms with Gasteiger partial charge in [-0.1, -0.05) is 0 Å². The van der Waals surface area contributed by atoms with Crippen LogP contribution in [-0.4, -0.2) is 40.8 Å². The summed E-state index contributed by atoms with van der Waals surface area (Å²) in [6.45, 7) is 1.82. The van der Waals surface area contributed by atoms with Crippen molar-refractivity contribution in [1.82, 2.24) is 5.32 Å². The number of morpholine rings is 1. The van der Waals surface area contributed by atoms with Crippen LogP contribution in [0.25, 0.3) is 0 Å². The molecule has 1 aliphatic rings. The second-order valence-electron chi connectivity index (χ2n) is 2.40. The number of hydrogen-bond donors (Lipinski definition) is 1. The topological polar surface area (TPSA) is 64.6 Å². The highest BCUT2D eigenvalue weighted by Gasteiger charge is 2.16. The lowest BCUT2D eigenvalue weighted by molar-refractivity contribution is 0.0608. The van der Waals surface area contributed by atoms with Gasteiger partial charge < -0.3 is 10.1 Å². The second-order valence-corrected chi connectivity index (χ2v) is 4.56. The third-order valence-electron chi connectivity index (χ3n) is 1.41. The van der Waals surface area contributed by atoms with Crippen molar-refractivity contribution in [2.75, 3.05) is 26.4 Å². The van der Waals surface area contributed by atoms with Gasteiger partial charge in [0.15, 0.2) is 0 Å². The Balaban J connectivity index is 2.22. The van der Waals surface area contributed by atoms with E-state index in [-0.39, 0.29) is 12.6 Å². The van der Waals surface area contributed by atoms with Gasteiger partial charge in [-0.15, -0.1) is 0 Å². The number of ether oxygens (including phenoxy) is 1. The molecule has 0 bridgehead atoms. The van der Waals surface area contributed by atoms with Gasteiger partial charge in [0.2, 0.25) is 0 Å². The summed E-state index contributed by atoms with van der Waals surface area (Å²) >= 11 is 0. The molecule has 0 unspecified atom stereocenters. The lowest BCUT2D eigenvalue weighted by Crippen LogP contribution is -2.44. The quantitative estimate of drug-likeness (QED) is 0.642. The molecular formula is C5H10ClNO4S. The fourth-order valence-electron chi connectivity index (χ4n) is 0.890. The molecule has 1 saturated heterocycles. The zero-order valence-electron chi connectivity index (χ0n) is 6.32. The zero-order valence-corrected chi connectivity index (χ0v) is 7.90. The van der Waals surface area contributed by atoms with E-state index >= 15 is 0 Å². The van der Waals surface area contributed by atoms with Crippen LogP contribution in [0.3, 0.4) is 0 Å². The van der Waals surface area contributed by atoms with E-state index < -0.39 is 9.33 Å². The van der Waals surface area contributed by atoms with E-state index in [2.05, 4.69) is 9.50 Å². The summed E-state index contributed by atoms with van der Waals surface area (Å²) in [6, 6.07) is -0.0905. The first-order chi connectivity index (χ1) is 5.58. The predicted octanol–water partition coefficient (Wildman–Crippen LogP) is -0.525. The Morgan fingerprint density at radius 1 is 1.67 bits per heavy atom. The average Bonchev–Trinajstić information content (AvgIpc) is 2.02. The molecule has 7 heteroatoms. The van der Waals surface area contributed by atoms with Crippen LogP contribution in [0.4, 0.5) is 0 Å². The van der Waals surface area contributed by atoms with Crippen LogP contribution in [0.5, 0.6) is 0 Å². The van der Waals surface area contributed by atoms with Crippen molar-refractivity contribution in [1.29, 1.82) is 0 Å². The zero-order chi connectivity index (χ0) is 9.03. The fourth-order valence-corrected chi connectivity index (χ4v) is 1.37. The van der Waals surface area contributed by atoms with Gasteiger partial charge in [0.05, 0.1) is 25.9 Å². The lowest BCUT2D eigenvalue weighted by atomic mass is 10.3. The van der Waals surface area contributed by atoms with Gasteiger partial charge in [-0.2, -0.15) is 8.42 Å².